The average molecular weight is 160 g/mol. The third kappa shape index (κ3) is 2.99. The molecule has 4 atom stereocenters. The summed E-state index contributed by atoms with van der Waals surface area (Å²) in [5, 5.41) is 18.4. The Kier molecular flexibility index (Phi) is 4.30. The van der Waals surface area contributed by atoms with E-state index in [0.29, 0.717) is 6.29 Å². The van der Waals surface area contributed by atoms with E-state index in [4.69, 9.17) is 5.11 Å². The standard InChI is InChI=1S/C8H16O3/c1-5(4-9)8(11)6(2)7(3)10/h4-8,10-11H,1-3H3. The fraction of sp³-hybridized carbons (Fsp3) is 0.875. The fourth-order valence-corrected chi connectivity index (χ4v) is 0.845. The van der Waals surface area contributed by atoms with Crippen LogP contribution in [-0.2, 0) is 4.79 Å². The van der Waals surface area contributed by atoms with E-state index in [1.54, 1.807) is 20.8 Å². The lowest BCUT2D eigenvalue weighted by Crippen LogP contribution is -2.33. The smallest absolute Gasteiger partial charge is 0.125 e. The molecule has 0 spiro atoms. The number of rotatable bonds is 4. The van der Waals surface area contributed by atoms with Crippen LogP contribution >= 0.6 is 0 Å². The lowest BCUT2D eigenvalue weighted by Gasteiger charge is -2.23. The van der Waals surface area contributed by atoms with Crippen LogP contribution in [0.5, 0.6) is 0 Å². The Hall–Kier alpha value is -0.410. The van der Waals surface area contributed by atoms with Crippen LogP contribution in [-0.4, -0.2) is 28.7 Å². The molecule has 0 radical (unpaired) electrons. The number of aldehydes is 1. The molecular weight excluding hydrogens is 144 g/mol. The lowest BCUT2D eigenvalue weighted by molar-refractivity contribution is -0.115. The molecule has 3 nitrogen and oxygen atoms in total. The number of carbonyl (C=O) groups excluding carboxylic acids is 1. The van der Waals surface area contributed by atoms with E-state index < -0.39 is 18.1 Å². The van der Waals surface area contributed by atoms with Crippen molar-refractivity contribution in [2.24, 2.45) is 11.8 Å². The van der Waals surface area contributed by atoms with Gasteiger partial charge in [-0.25, -0.2) is 0 Å². The number of hydrogen-bond donors (Lipinski definition) is 2. The second-order valence-corrected chi connectivity index (χ2v) is 3.09. The average Bonchev–Trinajstić information content (AvgIpc) is 2.00. The highest BCUT2D eigenvalue weighted by molar-refractivity contribution is 5.53. The van der Waals surface area contributed by atoms with Gasteiger partial charge in [0, 0.05) is 11.8 Å². The van der Waals surface area contributed by atoms with E-state index >= 15 is 0 Å². The third-order valence-corrected chi connectivity index (χ3v) is 2.05. The molecule has 0 aromatic rings. The second-order valence-electron chi connectivity index (χ2n) is 3.09. The van der Waals surface area contributed by atoms with Crippen LogP contribution < -0.4 is 0 Å². The van der Waals surface area contributed by atoms with Gasteiger partial charge in [-0.3, -0.25) is 0 Å². The van der Waals surface area contributed by atoms with Crippen molar-refractivity contribution in [3.8, 4) is 0 Å². The molecule has 3 heteroatoms. The van der Waals surface area contributed by atoms with E-state index in [2.05, 4.69) is 0 Å². The maximum absolute atomic E-state index is 10.2. The Labute approximate surface area is 67.0 Å². The maximum atomic E-state index is 10.2. The van der Waals surface area contributed by atoms with Crippen LogP contribution in [0.3, 0.4) is 0 Å². The molecule has 0 aromatic heterocycles. The fourth-order valence-electron chi connectivity index (χ4n) is 0.845. The van der Waals surface area contributed by atoms with Crippen molar-refractivity contribution in [1.82, 2.24) is 0 Å². The predicted octanol–water partition coefficient (Wildman–Crippen LogP) is 0.199. The molecule has 2 N–H and O–H groups in total. The minimum absolute atomic E-state index is 0.254. The maximum Gasteiger partial charge on any atom is 0.125 e. The van der Waals surface area contributed by atoms with Crippen LogP contribution in [0.2, 0.25) is 0 Å². The topological polar surface area (TPSA) is 57.5 Å². The van der Waals surface area contributed by atoms with Crippen molar-refractivity contribution in [3.05, 3.63) is 0 Å². The van der Waals surface area contributed by atoms with Crippen molar-refractivity contribution in [2.75, 3.05) is 0 Å². The minimum Gasteiger partial charge on any atom is -0.393 e. The van der Waals surface area contributed by atoms with Gasteiger partial charge >= 0.3 is 0 Å². The third-order valence-electron chi connectivity index (χ3n) is 2.05. The molecule has 0 heterocycles. The molecule has 0 aliphatic rings. The minimum atomic E-state index is -0.743. The molecule has 0 saturated heterocycles. The molecule has 0 saturated carbocycles. The Morgan fingerprint density at radius 3 is 1.91 bits per heavy atom. The van der Waals surface area contributed by atoms with E-state index in [1.165, 1.54) is 0 Å². The zero-order valence-corrected chi connectivity index (χ0v) is 7.19. The van der Waals surface area contributed by atoms with Gasteiger partial charge in [0.05, 0.1) is 12.2 Å². The molecule has 0 rings (SSSR count). The predicted molar refractivity (Wildman–Crippen MR) is 42.1 cm³/mol. The van der Waals surface area contributed by atoms with Crippen molar-refractivity contribution in [3.63, 3.8) is 0 Å². The lowest BCUT2D eigenvalue weighted by atomic mass is 9.91. The normalized spacial score (nSPS) is 21.9. The molecule has 0 bridgehead atoms. The van der Waals surface area contributed by atoms with Crippen LogP contribution in [0.1, 0.15) is 20.8 Å². The van der Waals surface area contributed by atoms with Crippen LogP contribution in [0.15, 0.2) is 0 Å². The summed E-state index contributed by atoms with van der Waals surface area (Å²) in [5.74, 6) is -0.658. The van der Waals surface area contributed by atoms with Crippen LogP contribution in [0.25, 0.3) is 0 Å². The quantitative estimate of drug-likeness (QED) is 0.577. The summed E-state index contributed by atoms with van der Waals surface area (Å²) in [4.78, 5) is 10.2. The van der Waals surface area contributed by atoms with Crippen molar-refractivity contribution >= 4 is 6.29 Å². The monoisotopic (exact) mass is 160 g/mol. The summed E-state index contributed by atoms with van der Waals surface area (Å²) >= 11 is 0. The highest BCUT2D eigenvalue weighted by atomic mass is 16.3. The first-order chi connectivity index (χ1) is 5.00. The van der Waals surface area contributed by atoms with Crippen molar-refractivity contribution in [2.45, 2.75) is 33.0 Å². The molecule has 0 amide bonds. The van der Waals surface area contributed by atoms with Gasteiger partial charge in [-0.1, -0.05) is 13.8 Å². The first-order valence-electron chi connectivity index (χ1n) is 3.82. The summed E-state index contributed by atoms with van der Waals surface area (Å²) < 4.78 is 0. The Morgan fingerprint density at radius 1 is 1.18 bits per heavy atom. The zero-order valence-electron chi connectivity index (χ0n) is 7.19. The first kappa shape index (κ1) is 10.6. The molecule has 4 unspecified atom stereocenters. The Balaban J connectivity index is 4.00. The van der Waals surface area contributed by atoms with Crippen LogP contribution in [0, 0.1) is 11.8 Å². The van der Waals surface area contributed by atoms with E-state index in [-0.39, 0.29) is 5.92 Å². The van der Waals surface area contributed by atoms with Crippen molar-refractivity contribution < 1.29 is 15.0 Å². The van der Waals surface area contributed by atoms with Gasteiger partial charge in [-0.2, -0.15) is 0 Å². The number of carbonyl (C=O) groups is 1. The van der Waals surface area contributed by atoms with E-state index in [0.717, 1.165) is 0 Å². The number of aliphatic hydroxyl groups excluding tert-OH is 2. The largest absolute Gasteiger partial charge is 0.393 e. The highest BCUT2D eigenvalue weighted by Gasteiger charge is 2.23. The summed E-state index contributed by atoms with van der Waals surface area (Å²) in [7, 11) is 0. The van der Waals surface area contributed by atoms with Gasteiger partial charge in [-0.15, -0.1) is 0 Å². The van der Waals surface area contributed by atoms with Gasteiger partial charge in [0.25, 0.3) is 0 Å². The highest BCUT2D eigenvalue weighted by Crippen LogP contribution is 2.14. The molecule has 0 aliphatic heterocycles. The van der Waals surface area contributed by atoms with E-state index in [9.17, 15) is 9.90 Å². The number of hydrogen-bond acceptors (Lipinski definition) is 3. The summed E-state index contributed by atoms with van der Waals surface area (Å²) in [6, 6.07) is 0. The molecule has 0 aliphatic carbocycles. The van der Waals surface area contributed by atoms with Gasteiger partial charge < -0.3 is 15.0 Å². The van der Waals surface area contributed by atoms with Crippen LogP contribution in [0.4, 0.5) is 0 Å². The number of aliphatic hydroxyl groups is 2. The molecule has 0 fully saturated rings. The SMILES string of the molecule is CC(O)C(C)C(O)C(C)C=O. The molecule has 0 aromatic carbocycles. The van der Waals surface area contributed by atoms with Gasteiger partial charge in [-0.05, 0) is 6.92 Å². The zero-order chi connectivity index (χ0) is 9.02. The first-order valence-corrected chi connectivity index (χ1v) is 3.82. The van der Waals surface area contributed by atoms with Gasteiger partial charge in [0.15, 0.2) is 0 Å². The molecular formula is C8H16O3. The Morgan fingerprint density at radius 2 is 1.64 bits per heavy atom. The molecule has 11 heavy (non-hydrogen) atoms. The van der Waals surface area contributed by atoms with Gasteiger partial charge in [0.1, 0.15) is 6.29 Å². The summed E-state index contributed by atoms with van der Waals surface area (Å²) in [5.41, 5.74) is 0. The van der Waals surface area contributed by atoms with E-state index in [1.807, 2.05) is 0 Å². The molecule has 66 valence electrons. The van der Waals surface area contributed by atoms with Gasteiger partial charge in [0.2, 0.25) is 0 Å². The Bertz CT molecular complexity index is 123. The summed E-state index contributed by atoms with van der Waals surface area (Å²) in [6.45, 7) is 4.96. The summed E-state index contributed by atoms with van der Waals surface area (Å²) in [6.07, 6.45) is -0.622. The van der Waals surface area contributed by atoms with Crippen molar-refractivity contribution in [1.29, 1.82) is 0 Å². The second kappa shape index (κ2) is 4.46.